The number of hydrogen-bond donors (Lipinski definition) is 2. The van der Waals surface area contributed by atoms with Gasteiger partial charge in [-0.2, -0.15) is 0 Å². The molecule has 1 aromatic rings. The van der Waals surface area contributed by atoms with Gasteiger partial charge in [0.1, 0.15) is 5.82 Å². The van der Waals surface area contributed by atoms with Crippen molar-refractivity contribution >= 4 is 22.3 Å². The van der Waals surface area contributed by atoms with Crippen LogP contribution in [-0.2, 0) is 6.42 Å². The predicted molar refractivity (Wildman–Crippen MR) is 61.0 cm³/mol. The molecule has 1 aliphatic heterocycles. The Morgan fingerprint density at radius 2 is 2.21 bits per heavy atom. The van der Waals surface area contributed by atoms with Crippen LogP contribution >= 0.6 is 11.3 Å². The lowest BCUT2D eigenvalue weighted by Gasteiger charge is -2.28. The summed E-state index contributed by atoms with van der Waals surface area (Å²) in [6, 6.07) is 0. The van der Waals surface area contributed by atoms with Gasteiger partial charge in [0.25, 0.3) is 0 Å². The van der Waals surface area contributed by atoms with Gasteiger partial charge >= 0.3 is 0 Å². The number of nitrogen functional groups attached to an aromatic ring is 1. The summed E-state index contributed by atoms with van der Waals surface area (Å²) >= 11 is 1.61. The van der Waals surface area contributed by atoms with Crippen LogP contribution in [0.15, 0.2) is 0 Å². The highest BCUT2D eigenvalue weighted by Gasteiger charge is 2.17. The molecule has 1 fully saturated rings. The van der Waals surface area contributed by atoms with Crippen LogP contribution < -0.4 is 16.0 Å². The second-order valence-corrected chi connectivity index (χ2v) is 4.50. The summed E-state index contributed by atoms with van der Waals surface area (Å²) < 4.78 is 0. The lowest BCUT2D eigenvalue weighted by molar-refractivity contribution is 0.584. The third kappa shape index (κ3) is 1.83. The molecule has 5 heteroatoms. The van der Waals surface area contributed by atoms with Crippen LogP contribution in [0.4, 0.5) is 10.9 Å². The SMILES string of the molecule is CCc1sc(N)nc1N1CCNCC1. The third-order valence-electron chi connectivity index (χ3n) is 2.43. The van der Waals surface area contributed by atoms with Crippen LogP contribution in [0, 0.1) is 0 Å². The van der Waals surface area contributed by atoms with Gasteiger partial charge in [-0.05, 0) is 6.42 Å². The number of thiazole rings is 1. The Hall–Kier alpha value is -0.810. The normalized spacial score (nSPS) is 17.4. The van der Waals surface area contributed by atoms with Crippen LogP contribution in [-0.4, -0.2) is 31.2 Å². The molecule has 0 saturated carbocycles. The number of aryl methyl sites for hydroxylation is 1. The minimum Gasteiger partial charge on any atom is -0.375 e. The molecule has 0 amide bonds. The van der Waals surface area contributed by atoms with E-state index in [4.69, 9.17) is 5.73 Å². The Balaban J connectivity index is 2.20. The summed E-state index contributed by atoms with van der Waals surface area (Å²) in [6.45, 7) is 6.31. The zero-order valence-corrected chi connectivity index (χ0v) is 9.23. The number of nitrogens with two attached hydrogens (primary N) is 1. The Kier molecular flexibility index (Phi) is 2.88. The van der Waals surface area contributed by atoms with Crippen LogP contribution in [0.3, 0.4) is 0 Å². The lowest BCUT2D eigenvalue weighted by Crippen LogP contribution is -2.44. The number of anilines is 2. The van der Waals surface area contributed by atoms with Crippen LogP contribution in [0.2, 0.25) is 0 Å². The Morgan fingerprint density at radius 1 is 1.50 bits per heavy atom. The largest absolute Gasteiger partial charge is 0.375 e. The molecule has 78 valence electrons. The van der Waals surface area contributed by atoms with E-state index >= 15 is 0 Å². The van der Waals surface area contributed by atoms with Crippen molar-refractivity contribution < 1.29 is 0 Å². The van der Waals surface area contributed by atoms with E-state index in [1.165, 1.54) is 4.88 Å². The molecule has 4 nitrogen and oxygen atoms in total. The zero-order chi connectivity index (χ0) is 9.97. The molecule has 14 heavy (non-hydrogen) atoms. The second-order valence-electron chi connectivity index (χ2n) is 3.39. The summed E-state index contributed by atoms with van der Waals surface area (Å²) in [5, 5.41) is 4.02. The van der Waals surface area contributed by atoms with E-state index in [1.807, 2.05) is 0 Å². The van der Waals surface area contributed by atoms with Gasteiger partial charge in [-0.1, -0.05) is 6.92 Å². The van der Waals surface area contributed by atoms with Crippen molar-refractivity contribution in [3.63, 3.8) is 0 Å². The quantitative estimate of drug-likeness (QED) is 0.757. The first-order chi connectivity index (χ1) is 6.81. The van der Waals surface area contributed by atoms with Crippen LogP contribution in [0.5, 0.6) is 0 Å². The van der Waals surface area contributed by atoms with Crippen molar-refractivity contribution in [2.24, 2.45) is 0 Å². The van der Waals surface area contributed by atoms with Crippen LogP contribution in [0.1, 0.15) is 11.8 Å². The fourth-order valence-corrected chi connectivity index (χ4v) is 2.51. The van der Waals surface area contributed by atoms with Crippen molar-refractivity contribution in [3.05, 3.63) is 4.88 Å². The summed E-state index contributed by atoms with van der Waals surface area (Å²) in [7, 11) is 0. The maximum absolute atomic E-state index is 5.73. The van der Waals surface area contributed by atoms with Gasteiger partial charge in [0.15, 0.2) is 5.13 Å². The minimum atomic E-state index is 0.690. The molecule has 0 radical (unpaired) electrons. The predicted octanol–water partition coefficient (Wildman–Crippen LogP) is 0.697. The monoisotopic (exact) mass is 212 g/mol. The number of piperazine rings is 1. The van der Waals surface area contributed by atoms with Crippen molar-refractivity contribution in [2.45, 2.75) is 13.3 Å². The number of nitrogens with zero attached hydrogens (tertiary/aromatic N) is 2. The van der Waals surface area contributed by atoms with Gasteiger partial charge in [-0.25, -0.2) is 4.98 Å². The molecule has 0 aromatic carbocycles. The molecule has 1 aromatic heterocycles. The maximum Gasteiger partial charge on any atom is 0.182 e. The highest BCUT2D eigenvalue weighted by molar-refractivity contribution is 7.15. The molecule has 0 unspecified atom stereocenters. The summed E-state index contributed by atoms with van der Waals surface area (Å²) in [6.07, 6.45) is 1.02. The van der Waals surface area contributed by atoms with Gasteiger partial charge in [0, 0.05) is 26.2 Å². The topological polar surface area (TPSA) is 54.2 Å². The second kappa shape index (κ2) is 4.14. The number of aromatic nitrogens is 1. The smallest absolute Gasteiger partial charge is 0.182 e. The fraction of sp³-hybridized carbons (Fsp3) is 0.667. The first-order valence-corrected chi connectivity index (χ1v) is 5.83. The van der Waals surface area contributed by atoms with Crippen molar-refractivity contribution in [1.82, 2.24) is 10.3 Å². The Bertz CT molecular complexity index is 304. The minimum absolute atomic E-state index is 0.690. The van der Waals surface area contributed by atoms with Crippen molar-refractivity contribution in [1.29, 1.82) is 0 Å². The molecular formula is C9H16N4S. The number of hydrogen-bond acceptors (Lipinski definition) is 5. The average Bonchev–Trinajstić information content (AvgIpc) is 2.61. The van der Waals surface area contributed by atoms with E-state index in [0.29, 0.717) is 5.13 Å². The molecule has 0 bridgehead atoms. The van der Waals surface area contributed by atoms with Gasteiger partial charge in [-0.3, -0.25) is 0 Å². The summed E-state index contributed by atoms with van der Waals surface area (Å²) in [5.41, 5.74) is 5.73. The van der Waals surface area contributed by atoms with E-state index in [9.17, 15) is 0 Å². The van der Waals surface area contributed by atoms with E-state index in [-0.39, 0.29) is 0 Å². The summed E-state index contributed by atoms with van der Waals surface area (Å²) in [5.74, 6) is 1.11. The lowest BCUT2D eigenvalue weighted by atomic mass is 10.3. The molecule has 0 atom stereocenters. The molecule has 2 heterocycles. The average molecular weight is 212 g/mol. The standard InChI is InChI=1S/C9H16N4S/c1-2-7-8(12-9(10)14-7)13-5-3-11-4-6-13/h11H,2-6H2,1H3,(H2,10,12). The molecule has 2 rings (SSSR count). The zero-order valence-electron chi connectivity index (χ0n) is 8.42. The number of nitrogens with one attached hydrogen (secondary N) is 1. The van der Waals surface area contributed by atoms with Crippen molar-refractivity contribution in [3.8, 4) is 0 Å². The highest BCUT2D eigenvalue weighted by atomic mass is 32.1. The first kappa shape index (κ1) is 9.73. The van der Waals surface area contributed by atoms with E-state index in [2.05, 4.69) is 22.1 Å². The molecule has 3 N–H and O–H groups in total. The Labute approximate surface area is 88.1 Å². The number of rotatable bonds is 2. The maximum atomic E-state index is 5.73. The van der Waals surface area contributed by atoms with E-state index in [0.717, 1.165) is 38.4 Å². The van der Waals surface area contributed by atoms with Crippen LogP contribution in [0.25, 0.3) is 0 Å². The first-order valence-electron chi connectivity index (χ1n) is 5.02. The van der Waals surface area contributed by atoms with Crippen molar-refractivity contribution in [2.75, 3.05) is 36.8 Å². The van der Waals surface area contributed by atoms with Gasteiger partial charge < -0.3 is 16.0 Å². The van der Waals surface area contributed by atoms with E-state index < -0.39 is 0 Å². The molecule has 1 saturated heterocycles. The summed E-state index contributed by atoms with van der Waals surface area (Å²) in [4.78, 5) is 8.03. The molecule has 0 aliphatic carbocycles. The molecule has 0 spiro atoms. The fourth-order valence-electron chi connectivity index (χ4n) is 1.72. The highest BCUT2D eigenvalue weighted by Crippen LogP contribution is 2.28. The Morgan fingerprint density at radius 3 is 2.86 bits per heavy atom. The molecule has 1 aliphatic rings. The molecular weight excluding hydrogens is 196 g/mol. The van der Waals surface area contributed by atoms with Gasteiger partial charge in [0.2, 0.25) is 0 Å². The van der Waals surface area contributed by atoms with Gasteiger partial charge in [0.05, 0.1) is 4.88 Å². The van der Waals surface area contributed by atoms with E-state index in [1.54, 1.807) is 11.3 Å². The third-order valence-corrected chi connectivity index (χ3v) is 3.45. The van der Waals surface area contributed by atoms with Gasteiger partial charge in [-0.15, -0.1) is 11.3 Å².